The number of likely N-dealkylation sites (N-methyl/N-ethyl adjacent to an activating group) is 2. The number of nitrogens with zero attached hydrogens (tertiary/aromatic N) is 2. The highest BCUT2D eigenvalue weighted by atomic mass is 16.4. The zero-order valence-electron chi connectivity index (χ0n) is 12.1. The maximum absolute atomic E-state index is 11.3. The van der Waals surface area contributed by atoms with E-state index in [1.165, 1.54) is 0 Å². The van der Waals surface area contributed by atoms with Gasteiger partial charge in [0.2, 0.25) is 0 Å². The van der Waals surface area contributed by atoms with Crippen LogP contribution in [0.4, 0.5) is 0 Å². The van der Waals surface area contributed by atoms with Gasteiger partial charge in [-0.25, -0.2) is 0 Å². The van der Waals surface area contributed by atoms with Gasteiger partial charge in [0.25, 0.3) is 0 Å². The lowest BCUT2D eigenvalue weighted by Gasteiger charge is -2.34. The average molecular weight is 257 g/mol. The van der Waals surface area contributed by atoms with Crippen molar-refractivity contribution in [2.75, 3.05) is 40.3 Å². The van der Waals surface area contributed by atoms with Gasteiger partial charge in [0, 0.05) is 19.1 Å². The Morgan fingerprint density at radius 1 is 1.39 bits per heavy atom. The van der Waals surface area contributed by atoms with Crippen LogP contribution in [0.15, 0.2) is 0 Å². The van der Waals surface area contributed by atoms with E-state index in [0.29, 0.717) is 6.42 Å². The number of carbonyl (C=O) groups is 1. The van der Waals surface area contributed by atoms with Crippen LogP contribution in [0.3, 0.4) is 0 Å². The molecule has 2 unspecified atom stereocenters. The number of hydrogen-bond acceptors (Lipinski definition) is 4. The molecule has 1 aliphatic rings. The molecule has 0 spiro atoms. The smallest absolute Gasteiger partial charge is 0.323 e. The van der Waals surface area contributed by atoms with Crippen molar-refractivity contribution < 1.29 is 9.90 Å². The molecular formula is C13H27N3O2. The van der Waals surface area contributed by atoms with Crippen molar-refractivity contribution in [2.24, 2.45) is 0 Å². The van der Waals surface area contributed by atoms with Crippen molar-refractivity contribution in [1.29, 1.82) is 0 Å². The molecule has 0 bridgehead atoms. The van der Waals surface area contributed by atoms with E-state index in [0.717, 1.165) is 32.6 Å². The monoisotopic (exact) mass is 257 g/mol. The summed E-state index contributed by atoms with van der Waals surface area (Å²) in [4.78, 5) is 16.0. The topological polar surface area (TPSA) is 55.8 Å². The maximum Gasteiger partial charge on any atom is 0.323 e. The van der Waals surface area contributed by atoms with E-state index in [-0.39, 0.29) is 6.04 Å². The summed E-state index contributed by atoms with van der Waals surface area (Å²) in [5.41, 5.74) is -0.836. The Bertz CT molecular complexity index is 285. The summed E-state index contributed by atoms with van der Waals surface area (Å²) < 4.78 is 0. The van der Waals surface area contributed by atoms with Crippen LogP contribution in [0.25, 0.3) is 0 Å². The van der Waals surface area contributed by atoms with Crippen molar-refractivity contribution >= 4 is 5.97 Å². The molecule has 1 heterocycles. The van der Waals surface area contributed by atoms with Crippen molar-refractivity contribution in [1.82, 2.24) is 15.1 Å². The molecule has 106 valence electrons. The molecule has 0 aromatic heterocycles. The van der Waals surface area contributed by atoms with Crippen LogP contribution in [0.5, 0.6) is 0 Å². The number of carboxylic acids is 1. The van der Waals surface area contributed by atoms with Crippen LogP contribution in [0, 0.1) is 0 Å². The third kappa shape index (κ3) is 3.93. The fourth-order valence-electron chi connectivity index (χ4n) is 2.52. The van der Waals surface area contributed by atoms with E-state index < -0.39 is 11.5 Å². The van der Waals surface area contributed by atoms with Crippen molar-refractivity contribution in [3.63, 3.8) is 0 Å². The predicted molar refractivity (Wildman–Crippen MR) is 72.9 cm³/mol. The Hall–Kier alpha value is -0.650. The van der Waals surface area contributed by atoms with Gasteiger partial charge < -0.3 is 15.3 Å². The largest absolute Gasteiger partial charge is 0.480 e. The fourth-order valence-corrected chi connectivity index (χ4v) is 2.52. The number of nitrogens with one attached hydrogen (secondary N) is 1. The minimum atomic E-state index is -0.836. The first-order valence-corrected chi connectivity index (χ1v) is 6.74. The second-order valence-corrected chi connectivity index (χ2v) is 5.63. The van der Waals surface area contributed by atoms with Gasteiger partial charge in [0.05, 0.1) is 0 Å². The van der Waals surface area contributed by atoms with Gasteiger partial charge in [-0.05, 0) is 53.9 Å². The second-order valence-electron chi connectivity index (χ2n) is 5.63. The third-order valence-corrected chi connectivity index (χ3v) is 4.10. The standard InChI is InChI=1S/C13H27N3O2/c1-11(10-13(2,14-3)12(17)18)16-7-5-6-15(4)8-9-16/h11,14H,5-10H2,1-4H3,(H,17,18). The molecule has 18 heavy (non-hydrogen) atoms. The summed E-state index contributed by atoms with van der Waals surface area (Å²) >= 11 is 0. The van der Waals surface area contributed by atoms with E-state index in [2.05, 4.69) is 29.1 Å². The molecule has 2 atom stereocenters. The molecular weight excluding hydrogens is 230 g/mol. The number of rotatable bonds is 5. The van der Waals surface area contributed by atoms with Crippen LogP contribution in [0.1, 0.15) is 26.7 Å². The normalized spacial score (nSPS) is 24.2. The van der Waals surface area contributed by atoms with Gasteiger partial charge in [-0.2, -0.15) is 0 Å². The third-order valence-electron chi connectivity index (χ3n) is 4.10. The molecule has 0 aromatic carbocycles. The lowest BCUT2D eigenvalue weighted by molar-refractivity contribution is -0.144. The van der Waals surface area contributed by atoms with Crippen LogP contribution in [-0.4, -0.2) is 72.7 Å². The van der Waals surface area contributed by atoms with Crippen molar-refractivity contribution in [2.45, 2.75) is 38.3 Å². The van der Waals surface area contributed by atoms with E-state index in [1.54, 1.807) is 14.0 Å². The molecule has 0 saturated carbocycles. The lowest BCUT2D eigenvalue weighted by atomic mass is 9.93. The molecule has 5 nitrogen and oxygen atoms in total. The van der Waals surface area contributed by atoms with Gasteiger partial charge >= 0.3 is 5.97 Å². The first-order chi connectivity index (χ1) is 8.39. The zero-order chi connectivity index (χ0) is 13.8. The minimum Gasteiger partial charge on any atom is -0.480 e. The molecule has 2 N–H and O–H groups in total. The van der Waals surface area contributed by atoms with Crippen molar-refractivity contribution in [3.8, 4) is 0 Å². The highest BCUT2D eigenvalue weighted by molar-refractivity contribution is 5.78. The second kappa shape index (κ2) is 6.50. The summed E-state index contributed by atoms with van der Waals surface area (Å²) in [7, 11) is 3.86. The first kappa shape index (κ1) is 15.4. The summed E-state index contributed by atoms with van der Waals surface area (Å²) in [5.74, 6) is -0.774. The van der Waals surface area contributed by atoms with E-state index >= 15 is 0 Å². The molecule has 0 radical (unpaired) electrons. The van der Waals surface area contributed by atoms with Gasteiger partial charge in [0.15, 0.2) is 0 Å². The van der Waals surface area contributed by atoms with E-state index in [4.69, 9.17) is 0 Å². The average Bonchev–Trinajstić information content (AvgIpc) is 2.53. The van der Waals surface area contributed by atoms with Crippen molar-refractivity contribution in [3.05, 3.63) is 0 Å². The fraction of sp³-hybridized carbons (Fsp3) is 0.923. The minimum absolute atomic E-state index is 0.282. The van der Waals surface area contributed by atoms with Gasteiger partial charge in [-0.1, -0.05) is 0 Å². The maximum atomic E-state index is 11.3. The summed E-state index contributed by atoms with van der Waals surface area (Å²) in [6, 6.07) is 0.282. The molecule has 0 aromatic rings. The Morgan fingerprint density at radius 2 is 2.06 bits per heavy atom. The van der Waals surface area contributed by atoms with Gasteiger partial charge in [-0.3, -0.25) is 9.69 Å². The number of carboxylic acid groups (broad SMARTS) is 1. The Labute approximate surface area is 110 Å². The lowest BCUT2D eigenvalue weighted by Crippen LogP contribution is -2.52. The summed E-state index contributed by atoms with van der Waals surface area (Å²) in [6.45, 7) is 8.17. The molecule has 1 aliphatic heterocycles. The molecule has 5 heteroatoms. The molecule has 0 aliphatic carbocycles. The van der Waals surface area contributed by atoms with Crippen LogP contribution in [0.2, 0.25) is 0 Å². The van der Waals surface area contributed by atoms with Gasteiger partial charge in [-0.15, -0.1) is 0 Å². The SMILES string of the molecule is CNC(C)(CC(C)N1CCCN(C)CC1)C(=O)O. The quantitative estimate of drug-likeness (QED) is 0.749. The molecule has 1 rings (SSSR count). The Balaban J connectivity index is 2.58. The first-order valence-electron chi connectivity index (χ1n) is 6.74. The van der Waals surface area contributed by atoms with Gasteiger partial charge in [0.1, 0.15) is 5.54 Å². The Kier molecular flexibility index (Phi) is 5.56. The zero-order valence-corrected chi connectivity index (χ0v) is 12.1. The predicted octanol–water partition coefficient (Wildman–Crippen LogP) is 0.465. The number of hydrogen-bond donors (Lipinski definition) is 2. The van der Waals surface area contributed by atoms with E-state index in [1.807, 2.05) is 0 Å². The highest BCUT2D eigenvalue weighted by Gasteiger charge is 2.34. The molecule has 1 saturated heterocycles. The van der Waals surface area contributed by atoms with E-state index in [9.17, 15) is 9.90 Å². The van der Waals surface area contributed by atoms with Crippen LogP contribution < -0.4 is 5.32 Å². The van der Waals surface area contributed by atoms with Crippen LogP contribution >= 0.6 is 0 Å². The summed E-state index contributed by atoms with van der Waals surface area (Å²) in [6.07, 6.45) is 1.78. The molecule has 0 amide bonds. The van der Waals surface area contributed by atoms with Crippen LogP contribution in [-0.2, 0) is 4.79 Å². The summed E-state index contributed by atoms with van der Waals surface area (Å²) in [5, 5.41) is 12.2. The number of aliphatic carboxylic acids is 1. The molecule has 1 fully saturated rings. The Morgan fingerprint density at radius 3 is 2.61 bits per heavy atom. The highest BCUT2D eigenvalue weighted by Crippen LogP contribution is 2.17.